The largest absolute Gasteiger partial charge is 0.340 e. The van der Waals surface area contributed by atoms with Crippen LogP contribution in [0.4, 0.5) is 10.5 Å². The molecule has 2 aromatic heterocycles. The second kappa shape index (κ2) is 6.80. The average Bonchev–Trinajstić information content (AvgIpc) is 3.31. The molecule has 5 rings (SSSR count). The summed E-state index contributed by atoms with van der Waals surface area (Å²) in [5, 5.41) is 12.0. The zero-order valence-corrected chi connectivity index (χ0v) is 17.7. The summed E-state index contributed by atoms with van der Waals surface area (Å²) in [5.74, 6) is 2.09. The van der Waals surface area contributed by atoms with Crippen LogP contribution in [0.5, 0.6) is 0 Å². The third-order valence-corrected chi connectivity index (χ3v) is 6.31. The predicted molar refractivity (Wildman–Crippen MR) is 110 cm³/mol. The minimum Gasteiger partial charge on any atom is -0.340 e. The number of fused-ring (bicyclic) bond motifs is 2. The van der Waals surface area contributed by atoms with Gasteiger partial charge < -0.3 is 14.7 Å². The zero-order valence-electron chi connectivity index (χ0n) is 17.0. The van der Waals surface area contributed by atoms with Crippen molar-refractivity contribution in [3.8, 4) is 11.4 Å². The maximum absolute atomic E-state index is 13.3. The van der Waals surface area contributed by atoms with Gasteiger partial charge in [-0.2, -0.15) is 10.1 Å². The third-order valence-electron chi connectivity index (χ3n) is 5.98. The molecule has 3 atom stereocenters. The summed E-state index contributed by atoms with van der Waals surface area (Å²) < 4.78 is 6.83. The maximum atomic E-state index is 13.3. The van der Waals surface area contributed by atoms with Crippen LogP contribution >= 0.6 is 11.6 Å². The van der Waals surface area contributed by atoms with E-state index < -0.39 is 5.54 Å². The van der Waals surface area contributed by atoms with Gasteiger partial charge in [0.05, 0.1) is 5.02 Å². The van der Waals surface area contributed by atoms with Gasteiger partial charge in [0.25, 0.3) is 0 Å². The Balaban J connectivity index is 1.43. The average molecular weight is 428 g/mol. The molecule has 0 unspecified atom stereocenters. The van der Waals surface area contributed by atoms with E-state index in [4.69, 9.17) is 16.1 Å². The molecule has 1 aliphatic carbocycles. The highest BCUT2D eigenvalue weighted by atomic mass is 35.5. The van der Waals surface area contributed by atoms with E-state index in [0.29, 0.717) is 39.7 Å². The molecule has 1 saturated carbocycles. The fraction of sp³-hybridized carbons (Fsp3) is 0.450. The van der Waals surface area contributed by atoms with Crippen molar-refractivity contribution in [1.29, 1.82) is 0 Å². The molecular weight excluding hydrogens is 406 g/mol. The van der Waals surface area contributed by atoms with Crippen LogP contribution in [0.2, 0.25) is 5.02 Å². The summed E-state index contributed by atoms with van der Waals surface area (Å²) in [6.45, 7) is 3.97. The molecule has 1 aliphatic heterocycles. The summed E-state index contributed by atoms with van der Waals surface area (Å²) in [6.07, 6.45) is 4.25. The van der Waals surface area contributed by atoms with Gasteiger partial charge in [0, 0.05) is 31.3 Å². The van der Waals surface area contributed by atoms with Crippen LogP contribution in [0, 0.1) is 12.8 Å². The number of urea groups is 1. The van der Waals surface area contributed by atoms with E-state index in [1.54, 1.807) is 43.2 Å². The normalized spacial score (nSPS) is 25.1. The molecule has 3 heterocycles. The van der Waals surface area contributed by atoms with E-state index in [0.717, 1.165) is 19.3 Å². The molecule has 0 spiro atoms. The van der Waals surface area contributed by atoms with Crippen molar-refractivity contribution in [1.82, 2.24) is 29.8 Å². The number of rotatable bonds is 3. The van der Waals surface area contributed by atoms with Crippen LogP contribution in [-0.4, -0.2) is 41.9 Å². The standard InChI is InChI=1S/C20H22ClN7O2/c1-11-6-14-9-20(8-11,18-23-12(2)30-26-18)28(14)19(29)24-13-4-5-16(21)15(7-13)17-22-10-27(3)25-17/h4-5,7,10-11,14H,6,8-9H2,1-3H3,(H,24,29)/t11-,14-,20+/m1/s1. The first-order valence-corrected chi connectivity index (χ1v) is 10.3. The number of benzene rings is 1. The summed E-state index contributed by atoms with van der Waals surface area (Å²) in [5.41, 5.74) is 0.780. The smallest absolute Gasteiger partial charge is 0.322 e. The number of nitrogens with one attached hydrogen (secondary N) is 1. The van der Waals surface area contributed by atoms with E-state index in [1.165, 1.54) is 0 Å². The van der Waals surface area contributed by atoms with Crippen LogP contribution < -0.4 is 5.32 Å². The molecule has 1 N–H and O–H groups in total. The minimum atomic E-state index is -0.512. The van der Waals surface area contributed by atoms with Gasteiger partial charge in [-0.05, 0) is 43.4 Å². The number of anilines is 1. The second-order valence-electron chi connectivity index (χ2n) is 8.31. The van der Waals surface area contributed by atoms with Crippen LogP contribution in [0.15, 0.2) is 29.0 Å². The Morgan fingerprint density at radius 1 is 1.37 bits per heavy atom. The highest BCUT2D eigenvalue weighted by Crippen LogP contribution is 2.55. The number of nitrogens with zero attached hydrogens (tertiary/aromatic N) is 6. The van der Waals surface area contributed by atoms with Gasteiger partial charge in [-0.15, -0.1) is 0 Å². The Kier molecular flexibility index (Phi) is 4.32. The molecule has 0 radical (unpaired) electrons. The minimum absolute atomic E-state index is 0.164. The maximum Gasteiger partial charge on any atom is 0.322 e. The van der Waals surface area contributed by atoms with Crippen LogP contribution in [0.25, 0.3) is 11.4 Å². The van der Waals surface area contributed by atoms with Crippen molar-refractivity contribution in [2.45, 2.75) is 44.7 Å². The lowest BCUT2D eigenvalue weighted by Gasteiger charge is -2.61. The topological polar surface area (TPSA) is 102 Å². The fourth-order valence-corrected chi connectivity index (χ4v) is 5.07. The number of piperidine rings is 1. The Labute approximate surface area is 178 Å². The monoisotopic (exact) mass is 427 g/mol. The van der Waals surface area contributed by atoms with Crippen molar-refractivity contribution in [2.24, 2.45) is 13.0 Å². The molecule has 1 saturated heterocycles. The van der Waals surface area contributed by atoms with Crippen molar-refractivity contribution in [3.05, 3.63) is 41.3 Å². The van der Waals surface area contributed by atoms with Gasteiger partial charge in [-0.3, -0.25) is 4.68 Å². The molecule has 2 bridgehead atoms. The van der Waals surface area contributed by atoms with Crippen molar-refractivity contribution in [2.75, 3.05) is 5.32 Å². The highest BCUT2D eigenvalue weighted by molar-refractivity contribution is 6.33. The predicted octanol–water partition coefficient (Wildman–Crippen LogP) is 3.76. The number of halogens is 1. The van der Waals surface area contributed by atoms with E-state index in [2.05, 4.69) is 32.5 Å². The first-order chi connectivity index (χ1) is 14.4. The fourth-order valence-electron chi connectivity index (χ4n) is 4.87. The molecule has 10 heteroatoms. The van der Waals surface area contributed by atoms with Crippen LogP contribution in [-0.2, 0) is 12.6 Å². The summed E-state index contributed by atoms with van der Waals surface area (Å²) >= 11 is 6.34. The second-order valence-corrected chi connectivity index (χ2v) is 8.72. The molecule has 30 heavy (non-hydrogen) atoms. The molecule has 9 nitrogen and oxygen atoms in total. The van der Waals surface area contributed by atoms with E-state index in [-0.39, 0.29) is 12.1 Å². The Bertz CT molecular complexity index is 1130. The Morgan fingerprint density at radius 2 is 2.20 bits per heavy atom. The molecule has 2 aliphatic rings. The Hall–Kier alpha value is -2.94. The number of aryl methyl sites for hydroxylation is 2. The van der Waals surface area contributed by atoms with E-state index >= 15 is 0 Å². The molecule has 2 fully saturated rings. The quantitative estimate of drug-likeness (QED) is 0.682. The Morgan fingerprint density at radius 3 is 2.90 bits per heavy atom. The lowest BCUT2D eigenvalue weighted by molar-refractivity contribution is -0.101. The number of carbonyl (C=O) groups excluding carboxylic acids is 1. The van der Waals surface area contributed by atoms with Gasteiger partial charge in [0.2, 0.25) is 5.89 Å². The number of hydrogen-bond donors (Lipinski definition) is 1. The molecule has 2 amide bonds. The van der Waals surface area contributed by atoms with E-state index in [1.807, 2.05) is 4.90 Å². The van der Waals surface area contributed by atoms with E-state index in [9.17, 15) is 4.79 Å². The molecule has 156 valence electrons. The van der Waals surface area contributed by atoms with Gasteiger partial charge in [0.15, 0.2) is 11.6 Å². The number of aromatic nitrogens is 5. The number of likely N-dealkylation sites (tertiary alicyclic amines) is 1. The zero-order chi connectivity index (χ0) is 21.0. The highest BCUT2D eigenvalue weighted by Gasteiger charge is 2.61. The lowest BCUT2D eigenvalue weighted by Crippen LogP contribution is -2.70. The summed E-state index contributed by atoms with van der Waals surface area (Å²) in [6, 6.07) is 5.29. The van der Waals surface area contributed by atoms with Crippen molar-refractivity contribution in [3.63, 3.8) is 0 Å². The number of carbonyl (C=O) groups is 1. The summed E-state index contributed by atoms with van der Waals surface area (Å²) in [7, 11) is 1.79. The molecule has 3 aromatic rings. The SMILES string of the molecule is Cc1nc([C@]23C[C@H](C)C[C@H](C2)N3C(=O)Nc2ccc(Cl)c(-c3ncn(C)n3)c2)no1. The summed E-state index contributed by atoms with van der Waals surface area (Å²) in [4.78, 5) is 23.9. The van der Waals surface area contributed by atoms with Crippen molar-refractivity contribution < 1.29 is 9.32 Å². The van der Waals surface area contributed by atoms with Crippen LogP contribution in [0.3, 0.4) is 0 Å². The molecular formula is C20H22ClN7O2. The number of amides is 2. The molecule has 1 aromatic carbocycles. The van der Waals surface area contributed by atoms with Crippen molar-refractivity contribution >= 4 is 23.3 Å². The van der Waals surface area contributed by atoms with Gasteiger partial charge in [0.1, 0.15) is 11.9 Å². The van der Waals surface area contributed by atoms with Gasteiger partial charge in [-0.25, -0.2) is 9.78 Å². The van der Waals surface area contributed by atoms with Crippen LogP contribution in [0.1, 0.15) is 37.9 Å². The first-order valence-electron chi connectivity index (χ1n) is 9.92. The first kappa shape index (κ1) is 19.0. The lowest BCUT2D eigenvalue weighted by atomic mass is 9.64. The van der Waals surface area contributed by atoms with Gasteiger partial charge in [-0.1, -0.05) is 23.7 Å². The van der Waals surface area contributed by atoms with Gasteiger partial charge >= 0.3 is 6.03 Å². The third kappa shape index (κ3) is 2.96. The number of hydrogen-bond acceptors (Lipinski definition) is 6.